The Balaban J connectivity index is 1.96. The third-order valence-corrected chi connectivity index (χ3v) is 4.37. The second-order valence-electron chi connectivity index (χ2n) is 4.46. The van der Waals surface area contributed by atoms with Crippen molar-refractivity contribution in [3.05, 3.63) is 51.8 Å². The lowest BCUT2D eigenvalue weighted by molar-refractivity contribution is 0.757. The lowest BCUT2D eigenvalue weighted by Gasteiger charge is -2.03. The van der Waals surface area contributed by atoms with Crippen LogP contribution in [0.2, 0.25) is 5.15 Å². The molecule has 0 bridgehead atoms. The van der Waals surface area contributed by atoms with Gasteiger partial charge in [-0.25, -0.2) is 0 Å². The third kappa shape index (κ3) is 3.09. The minimum absolute atomic E-state index is 0.754. The van der Waals surface area contributed by atoms with Gasteiger partial charge in [-0.1, -0.05) is 41.4 Å². The monoisotopic (exact) mass is 280 g/mol. The van der Waals surface area contributed by atoms with Crippen LogP contribution in [0.4, 0.5) is 0 Å². The normalized spacial score (nSPS) is 10.9. The van der Waals surface area contributed by atoms with Crippen molar-refractivity contribution in [2.75, 3.05) is 0 Å². The van der Waals surface area contributed by atoms with Gasteiger partial charge in [0.15, 0.2) is 0 Å². The summed E-state index contributed by atoms with van der Waals surface area (Å²) in [7, 11) is 1.88. The van der Waals surface area contributed by atoms with E-state index >= 15 is 0 Å². The van der Waals surface area contributed by atoms with E-state index in [0.29, 0.717) is 0 Å². The van der Waals surface area contributed by atoms with Crippen LogP contribution >= 0.6 is 23.4 Å². The van der Waals surface area contributed by atoms with Crippen LogP contribution in [-0.4, -0.2) is 9.78 Å². The summed E-state index contributed by atoms with van der Waals surface area (Å²) in [5.74, 6) is 1.92. The Morgan fingerprint density at radius 1 is 1.28 bits per heavy atom. The van der Waals surface area contributed by atoms with Crippen LogP contribution < -0.4 is 0 Å². The fourth-order valence-corrected chi connectivity index (χ4v) is 3.30. The van der Waals surface area contributed by atoms with E-state index in [1.165, 1.54) is 11.1 Å². The maximum absolute atomic E-state index is 6.21. The maximum Gasteiger partial charge on any atom is 0.131 e. The molecule has 0 spiro atoms. The predicted molar refractivity (Wildman–Crippen MR) is 79.1 cm³/mol. The minimum Gasteiger partial charge on any atom is -0.257 e. The predicted octanol–water partition coefficient (Wildman–Crippen LogP) is 4.12. The zero-order valence-electron chi connectivity index (χ0n) is 10.9. The van der Waals surface area contributed by atoms with Crippen molar-refractivity contribution in [3.8, 4) is 0 Å². The third-order valence-electron chi connectivity index (χ3n) is 2.87. The molecular weight excluding hydrogens is 264 g/mol. The molecule has 0 aliphatic carbocycles. The van der Waals surface area contributed by atoms with E-state index in [9.17, 15) is 0 Å². The highest BCUT2D eigenvalue weighted by Crippen LogP contribution is 2.25. The molecular formula is C14H17ClN2S. The Bertz CT molecular complexity index is 549. The molecule has 0 amide bonds. The highest BCUT2D eigenvalue weighted by Gasteiger charge is 2.10. The van der Waals surface area contributed by atoms with Crippen molar-refractivity contribution in [2.45, 2.75) is 25.4 Å². The topological polar surface area (TPSA) is 17.8 Å². The molecule has 1 aromatic heterocycles. The van der Waals surface area contributed by atoms with Crippen molar-refractivity contribution in [2.24, 2.45) is 7.05 Å². The summed E-state index contributed by atoms with van der Waals surface area (Å²) in [4.78, 5) is 0. The highest BCUT2D eigenvalue weighted by molar-refractivity contribution is 7.97. The van der Waals surface area contributed by atoms with Gasteiger partial charge in [0.05, 0.1) is 5.69 Å². The van der Waals surface area contributed by atoms with Crippen molar-refractivity contribution in [3.63, 3.8) is 0 Å². The van der Waals surface area contributed by atoms with E-state index in [4.69, 9.17) is 11.6 Å². The Kier molecular flexibility index (Phi) is 4.36. The van der Waals surface area contributed by atoms with Gasteiger partial charge in [0, 0.05) is 24.1 Å². The van der Waals surface area contributed by atoms with Crippen molar-refractivity contribution in [1.82, 2.24) is 9.78 Å². The van der Waals surface area contributed by atoms with Crippen LogP contribution in [0.3, 0.4) is 0 Å². The Morgan fingerprint density at radius 2 is 2.06 bits per heavy atom. The van der Waals surface area contributed by atoms with Gasteiger partial charge >= 0.3 is 0 Å². The summed E-state index contributed by atoms with van der Waals surface area (Å²) >= 11 is 8.08. The molecule has 2 nitrogen and oxygen atoms in total. The first kappa shape index (κ1) is 13.5. The second-order valence-corrected chi connectivity index (χ2v) is 5.80. The SMILES string of the molecule is Cc1cccc(CSCc2c(C)nn(C)c2Cl)c1. The van der Waals surface area contributed by atoms with E-state index in [0.717, 1.165) is 27.9 Å². The summed E-state index contributed by atoms with van der Waals surface area (Å²) < 4.78 is 1.74. The summed E-state index contributed by atoms with van der Waals surface area (Å²) in [6.45, 7) is 4.13. The molecule has 0 N–H and O–H groups in total. The number of nitrogens with zero attached hydrogens (tertiary/aromatic N) is 2. The summed E-state index contributed by atoms with van der Waals surface area (Å²) in [5.41, 5.74) is 4.84. The highest BCUT2D eigenvalue weighted by atomic mass is 35.5. The zero-order chi connectivity index (χ0) is 13.1. The van der Waals surface area contributed by atoms with Crippen LogP contribution in [0.1, 0.15) is 22.4 Å². The van der Waals surface area contributed by atoms with Crippen LogP contribution in [0, 0.1) is 13.8 Å². The van der Waals surface area contributed by atoms with Gasteiger partial charge in [-0.15, -0.1) is 0 Å². The molecule has 0 aliphatic rings. The Hall–Kier alpha value is -0.930. The number of rotatable bonds is 4. The molecule has 0 saturated carbocycles. The number of hydrogen-bond donors (Lipinski definition) is 0. The fraction of sp³-hybridized carbons (Fsp3) is 0.357. The molecule has 1 aromatic carbocycles. The van der Waals surface area contributed by atoms with E-state index < -0.39 is 0 Å². The number of benzene rings is 1. The first-order valence-electron chi connectivity index (χ1n) is 5.89. The van der Waals surface area contributed by atoms with Gasteiger partial charge in [-0.2, -0.15) is 16.9 Å². The van der Waals surface area contributed by atoms with Crippen LogP contribution in [-0.2, 0) is 18.6 Å². The maximum atomic E-state index is 6.21. The molecule has 0 unspecified atom stereocenters. The zero-order valence-corrected chi connectivity index (χ0v) is 12.5. The molecule has 96 valence electrons. The lowest BCUT2D eigenvalue weighted by atomic mass is 10.2. The standard InChI is InChI=1S/C14H17ClN2S/c1-10-5-4-6-12(7-10)8-18-9-13-11(2)16-17(3)14(13)15/h4-7H,8-9H2,1-3H3. The lowest BCUT2D eigenvalue weighted by Crippen LogP contribution is -1.89. The van der Waals surface area contributed by atoms with E-state index in [2.05, 4.69) is 36.3 Å². The van der Waals surface area contributed by atoms with Gasteiger partial charge in [0.2, 0.25) is 0 Å². The van der Waals surface area contributed by atoms with Gasteiger partial charge in [-0.3, -0.25) is 4.68 Å². The number of halogens is 1. The molecule has 18 heavy (non-hydrogen) atoms. The number of aromatic nitrogens is 2. The molecule has 4 heteroatoms. The molecule has 0 saturated heterocycles. The number of thioether (sulfide) groups is 1. The largest absolute Gasteiger partial charge is 0.257 e. The average molecular weight is 281 g/mol. The molecule has 0 fully saturated rings. The van der Waals surface area contributed by atoms with E-state index in [-0.39, 0.29) is 0 Å². The average Bonchev–Trinajstić information content (AvgIpc) is 2.56. The Labute approximate surface area is 117 Å². The quantitative estimate of drug-likeness (QED) is 0.838. The van der Waals surface area contributed by atoms with Crippen molar-refractivity contribution in [1.29, 1.82) is 0 Å². The van der Waals surface area contributed by atoms with Crippen LogP contribution in [0.5, 0.6) is 0 Å². The van der Waals surface area contributed by atoms with Gasteiger partial charge in [0.25, 0.3) is 0 Å². The molecule has 0 aliphatic heterocycles. The van der Waals surface area contributed by atoms with Gasteiger partial charge < -0.3 is 0 Å². The summed E-state index contributed by atoms with van der Waals surface area (Å²) in [6, 6.07) is 8.62. The molecule has 0 atom stereocenters. The van der Waals surface area contributed by atoms with Gasteiger partial charge in [0.1, 0.15) is 5.15 Å². The van der Waals surface area contributed by atoms with Crippen molar-refractivity contribution >= 4 is 23.4 Å². The smallest absolute Gasteiger partial charge is 0.131 e. The Morgan fingerprint density at radius 3 is 2.67 bits per heavy atom. The first-order valence-corrected chi connectivity index (χ1v) is 7.42. The number of aryl methyl sites for hydroxylation is 3. The number of hydrogen-bond acceptors (Lipinski definition) is 2. The molecule has 2 aromatic rings. The summed E-state index contributed by atoms with van der Waals surface area (Å²) in [5, 5.41) is 5.08. The molecule has 0 radical (unpaired) electrons. The minimum atomic E-state index is 0.754. The van der Waals surface area contributed by atoms with Crippen LogP contribution in [0.15, 0.2) is 24.3 Å². The second kappa shape index (κ2) is 5.81. The van der Waals surface area contributed by atoms with E-state index in [1.807, 2.05) is 25.7 Å². The molecule has 1 heterocycles. The first-order chi connectivity index (χ1) is 8.58. The van der Waals surface area contributed by atoms with E-state index in [1.54, 1.807) is 4.68 Å². The van der Waals surface area contributed by atoms with Crippen molar-refractivity contribution < 1.29 is 0 Å². The van der Waals surface area contributed by atoms with Crippen LogP contribution in [0.25, 0.3) is 0 Å². The fourth-order valence-electron chi connectivity index (χ4n) is 1.91. The summed E-state index contributed by atoms with van der Waals surface area (Å²) in [6.07, 6.45) is 0. The van der Waals surface area contributed by atoms with Gasteiger partial charge in [-0.05, 0) is 19.4 Å². The molecule has 2 rings (SSSR count).